The predicted molar refractivity (Wildman–Crippen MR) is 104 cm³/mol. The Morgan fingerprint density at radius 1 is 0.310 bits per heavy atom. The van der Waals surface area contributed by atoms with E-state index < -0.39 is 0 Å². The first-order chi connectivity index (χ1) is 12.5. The SMILES string of the molecule is CC(=O)CC(C)=O.CC(=O)CC(C)=O.CC(=O)CC(C)=O.CC(=O)CC(C)=O.[Mo+4]. The zero-order chi connectivity index (χ0) is 23.4. The van der Waals surface area contributed by atoms with Gasteiger partial charge in [-0.2, -0.15) is 0 Å². The fourth-order valence-corrected chi connectivity index (χ4v) is 1.40. The van der Waals surface area contributed by atoms with Crippen molar-refractivity contribution < 1.29 is 59.4 Å². The molecule has 0 amide bonds. The third-order valence-electron chi connectivity index (χ3n) is 1.99. The Morgan fingerprint density at radius 2 is 0.379 bits per heavy atom. The summed E-state index contributed by atoms with van der Waals surface area (Å²) in [5.41, 5.74) is 0. The van der Waals surface area contributed by atoms with Crippen molar-refractivity contribution in [2.24, 2.45) is 0 Å². The van der Waals surface area contributed by atoms with Crippen molar-refractivity contribution in [1.29, 1.82) is 0 Å². The van der Waals surface area contributed by atoms with Gasteiger partial charge in [-0.15, -0.1) is 0 Å². The van der Waals surface area contributed by atoms with Gasteiger partial charge in [-0.3, -0.25) is 38.4 Å². The van der Waals surface area contributed by atoms with E-state index in [2.05, 4.69) is 0 Å². The Hall–Kier alpha value is -1.95. The van der Waals surface area contributed by atoms with Crippen molar-refractivity contribution in [1.82, 2.24) is 0 Å². The molecule has 0 bridgehead atoms. The fraction of sp³-hybridized carbons (Fsp3) is 0.600. The second-order valence-electron chi connectivity index (χ2n) is 6.32. The van der Waals surface area contributed by atoms with Gasteiger partial charge in [0.25, 0.3) is 0 Å². The molecule has 9 heteroatoms. The van der Waals surface area contributed by atoms with Gasteiger partial charge >= 0.3 is 21.1 Å². The molecule has 162 valence electrons. The summed E-state index contributed by atoms with van der Waals surface area (Å²) in [6.45, 7) is 11.2. The topological polar surface area (TPSA) is 137 Å². The zero-order valence-corrected chi connectivity index (χ0v) is 20.5. The van der Waals surface area contributed by atoms with E-state index in [0.717, 1.165) is 0 Å². The molecular formula is C20H32MoO8+4. The monoisotopic (exact) mass is 498 g/mol. The molecule has 0 N–H and O–H groups in total. The van der Waals surface area contributed by atoms with Gasteiger partial charge in [-0.1, -0.05) is 0 Å². The molecule has 0 unspecified atom stereocenters. The first-order valence-corrected chi connectivity index (χ1v) is 8.46. The molecule has 0 aromatic carbocycles. The number of hydrogen-bond acceptors (Lipinski definition) is 8. The summed E-state index contributed by atoms with van der Waals surface area (Å²) in [5.74, 6) is -0.500. The summed E-state index contributed by atoms with van der Waals surface area (Å²) in [6.07, 6.45) is 0.333. The molecule has 0 fully saturated rings. The fourth-order valence-electron chi connectivity index (χ4n) is 1.40. The Bertz CT molecular complexity index is 439. The first kappa shape index (κ1) is 37.8. The minimum atomic E-state index is -0.0625. The third kappa shape index (κ3) is 76.3. The van der Waals surface area contributed by atoms with Crippen LogP contribution in [0.4, 0.5) is 0 Å². The number of rotatable bonds is 8. The summed E-state index contributed by atoms with van der Waals surface area (Å²) in [6, 6.07) is 0. The molecule has 0 saturated heterocycles. The average molecular weight is 496 g/mol. The minimum absolute atomic E-state index is 0. The van der Waals surface area contributed by atoms with Gasteiger partial charge in [0, 0.05) is 0 Å². The van der Waals surface area contributed by atoms with Crippen molar-refractivity contribution >= 4 is 46.3 Å². The molecule has 0 radical (unpaired) electrons. The number of ketones is 8. The molecule has 0 aromatic heterocycles. The van der Waals surface area contributed by atoms with Crippen LogP contribution >= 0.6 is 0 Å². The molecule has 0 aliphatic heterocycles. The maximum atomic E-state index is 10.0. The van der Waals surface area contributed by atoms with Gasteiger partial charge in [0.15, 0.2) is 0 Å². The maximum absolute atomic E-state index is 10.0. The summed E-state index contributed by atoms with van der Waals surface area (Å²) >= 11 is 0. The second-order valence-corrected chi connectivity index (χ2v) is 6.32. The summed E-state index contributed by atoms with van der Waals surface area (Å²) in [5, 5.41) is 0. The van der Waals surface area contributed by atoms with E-state index in [9.17, 15) is 38.4 Å². The summed E-state index contributed by atoms with van der Waals surface area (Å²) in [7, 11) is 0. The van der Waals surface area contributed by atoms with Crippen molar-refractivity contribution in [3.05, 3.63) is 0 Å². The van der Waals surface area contributed by atoms with Crippen LogP contribution in [0, 0.1) is 0 Å². The van der Waals surface area contributed by atoms with Crippen LogP contribution < -0.4 is 0 Å². The molecule has 8 nitrogen and oxygen atoms in total. The molecule has 0 spiro atoms. The van der Waals surface area contributed by atoms with Gasteiger partial charge in [-0.05, 0) is 55.4 Å². The van der Waals surface area contributed by atoms with Crippen molar-refractivity contribution in [3.63, 3.8) is 0 Å². The Labute approximate surface area is 186 Å². The normalized spacial score (nSPS) is 8.00. The standard InChI is InChI=1S/4C5H8O2.Mo/c4*1-4(6)3-5(2)7;/h4*3H2,1-2H3;/q;;;;+4. The molecule has 29 heavy (non-hydrogen) atoms. The molecule has 0 aliphatic rings. The molecule has 0 aromatic rings. The summed E-state index contributed by atoms with van der Waals surface area (Å²) < 4.78 is 0. The van der Waals surface area contributed by atoms with Crippen LogP contribution in [0.3, 0.4) is 0 Å². The quantitative estimate of drug-likeness (QED) is 0.369. The second kappa shape index (κ2) is 24.1. The van der Waals surface area contributed by atoms with Crippen LogP contribution in [-0.4, -0.2) is 46.3 Å². The van der Waals surface area contributed by atoms with Crippen LogP contribution in [0.2, 0.25) is 0 Å². The number of carbonyl (C=O) groups excluding carboxylic acids is 8. The predicted octanol–water partition coefficient (Wildman–Crippen LogP) is 2.22. The van der Waals surface area contributed by atoms with E-state index in [1.807, 2.05) is 0 Å². The molecule has 0 atom stereocenters. The summed E-state index contributed by atoms with van der Waals surface area (Å²) in [4.78, 5) is 80.3. The van der Waals surface area contributed by atoms with Gasteiger partial charge in [0.05, 0.1) is 25.7 Å². The molecular weight excluding hydrogens is 464 g/mol. The zero-order valence-electron chi connectivity index (χ0n) is 18.5. The van der Waals surface area contributed by atoms with E-state index in [1.54, 1.807) is 0 Å². The smallest absolute Gasteiger partial charge is 0.300 e. The van der Waals surface area contributed by atoms with E-state index in [4.69, 9.17) is 0 Å². The van der Waals surface area contributed by atoms with Gasteiger partial charge in [0.1, 0.15) is 46.3 Å². The van der Waals surface area contributed by atoms with Crippen LogP contribution in [-0.2, 0) is 59.4 Å². The van der Waals surface area contributed by atoms with E-state index in [1.165, 1.54) is 55.4 Å². The largest absolute Gasteiger partial charge is 4.00 e. The van der Waals surface area contributed by atoms with Crippen molar-refractivity contribution in [3.8, 4) is 0 Å². The van der Waals surface area contributed by atoms with Crippen molar-refractivity contribution in [2.45, 2.75) is 81.1 Å². The Balaban J connectivity index is -0.0000000873. The molecule has 0 rings (SSSR count). The Kier molecular flexibility index (Phi) is 31.4. The van der Waals surface area contributed by atoms with Gasteiger partial charge in [0.2, 0.25) is 0 Å². The van der Waals surface area contributed by atoms with Crippen LogP contribution in [0.25, 0.3) is 0 Å². The number of hydrogen-bond donors (Lipinski definition) is 0. The Morgan fingerprint density at radius 3 is 0.379 bits per heavy atom. The number of Topliss-reactive ketones (excluding diaryl/α,β-unsaturated/α-hetero) is 8. The van der Waals surface area contributed by atoms with Gasteiger partial charge < -0.3 is 0 Å². The molecule has 0 aliphatic carbocycles. The van der Waals surface area contributed by atoms with E-state index in [0.29, 0.717) is 0 Å². The van der Waals surface area contributed by atoms with Gasteiger partial charge in [-0.25, -0.2) is 0 Å². The number of carbonyl (C=O) groups is 8. The third-order valence-corrected chi connectivity index (χ3v) is 1.99. The molecule has 0 heterocycles. The van der Waals surface area contributed by atoms with Crippen LogP contribution in [0.15, 0.2) is 0 Å². The van der Waals surface area contributed by atoms with Crippen LogP contribution in [0.5, 0.6) is 0 Å². The van der Waals surface area contributed by atoms with Crippen LogP contribution in [0.1, 0.15) is 81.1 Å². The first-order valence-electron chi connectivity index (χ1n) is 8.46. The van der Waals surface area contributed by atoms with E-state index in [-0.39, 0.29) is 93.0 Å². The molecule has 0 saturated carbocycles. The van der Waals surface area contributed by atoms with E-state index >= 15 is 0 Å². The maximum Gasteiger partial charge on any atom is 4.00 e. The van der Waals surface area contributed by atoms with Crippen molar-refractivity contribution in [2.75, 3.05) is 0 Å². The average Bonchev–Trinajstić information content (AvgIpc) is 2.32. The minimum Gasteiger partial charge on any atom is -0.300 e.